The van der Waals surface area contributed by atoms with Crippen LogP contribution in [0, 0.1) is 0 Å². The van der Waals surface area contributed by atoms with E-state index in [0.29, 0.717) is 35.6 Å². The molecule has 8 heteroatoms. The first-order chi connectivity index (χ1) is 18.6. The number of fused-ring (bicyclic) bond motifs is 1. The van der Waals surface area contributed by atoms with Gasteiger partial charge in [0.05, 0.1) is 28.2 Å². The molecule has 0 saturated heterocycles. The quantitative estimate of drug-likeness (QED) is 0.185. The summed E-state index contributed by atoms with van der Waals surface area (Å²) >= 11 is 7.37. The highest BCUT2D eigenvalue weighted by molar-refractivity contribution is 9.13. The topological polar surface area (TPSA) is 65.7 Å². The van der Waals surface area contributed by atoms with Crippen LogP contribution in [-0.2, 0) is 6.61 Å². The van der Waals surface area contributed by atoms with E-state index in [-0.39, 0.29) is 11.5 Å². The Morgan fingerprint density at radius 3 is 2.50 bits per heavy atom. The first kappa shape index (κ1) is 26.6. The predicted molar refractivity (Wildman–Crippen MR) is 159 cm³/mol. The lowest BCUT2D eigenvalue weighted by molar-refractivity contribution is 0.267. The zero-order chi connectivity index (χ0) is 26.5. The van der Waals surface area contributed by atoms with Crippen LogP contribution in [0.25, 0.3) is 10.9 Å². The van der Waals surface area contributed by atoms with E-state index in [1.807, 2.05) is 61.5 Å². The molecule has 6 nitrogen and oxygen atoms in total. The molecule has 5 rings (SSSR count). The molecule has 3 aromatic carbocycles. The number of ether oxygens (including phenoxy) is 2. The number of para-hydroxylation sites is 1. The Bertz CT molecular complexity index is 1510. The largest absolute Gasteiger partial charge is 0.490 e. The summed E-state index contributed by atoms with van der Waals surface area (Å²) < 4.78 is 15.1. The van der Waals surface area contributed by atoms with E-state index in [1.54, 1.807) is 12.3 Å². The van der Waals surface area contributed by atoms with Crippen molar-refractivity contribution in [2.45, 2.75) is 51.6 Å². The third-order valence-electron chi connectivity index (χ3n) is 6.74. The number of nitrogens with zero attached hydrogens (tertiary/aromatic N) is 3. The van der Waals surface area contributed by atoms with Crippen LogP contribution in [0.4, 0.5) is 0 Å². The summed E-state index contributed by atoms with van der Waals surface area (Å²) in [5.41, 5.74) is 2.37. The second-order valence-electron chi connectivity index (χ2n) is 9.31. The molecule has 4 aromatic rings. The van der Waals surface area contributed by atoms with Gasteiger partial charge in [-0.15, -0.1) is 0 Å². The van der Waals surface area contributed by atoms with Crippen LogP contribution in [0.5, 0.6) is 11.5 Å². The van der Waals surface area contributed by atoms with Gasteiger partial charge in [-0.25, -0.2) is 4.98 Å². The van der Waals surface area contributed by atoms with Gasteiger partial charge in [-0.1, -0.05) is 61.7 Å². The van der Waals surface area contributed by atoms with Crippen molar-refractivity contribution in [2.24, 2.45) is 5.10 Å². The Kier molecular flexibility index (Phi) is 8.59. The average Bonchev–Trinajstić information content (AvgIpc) is 2.96. The highest BCUT2D eigenvalue weighted by atomic mass is 79.9. The van der Waals surface area contributed by atoms with Crippen LogP contribution in [0.2, 0.25) is 0 Å². The minimum atomic E-state index is -0.157. The van der Waals surface area contributed by atoms with Gasteiger partial charge in [0, 0.05) is 16.0 Å². The maximum absolute atomic E-state index is 13.6. The van der Waals surface area contributed by atoms with Gasteiger partial charge >= 0.3 is 0 Å². The minimum Gasteiger partial charge on any atom is -0.490 e. The molecular formula is C30H29Br2N3O3. The molecule has 1 heterocycles. The van der Waals surface area contributed by atoms with Gasteiger partial charge < -0.3 is 9.47 Å². The van der Waals surface area contributed by atoms with E-state index >= 15 is 0 Å². The van der Waals surface area contributed by atoms with Crippen molar-refractivity contribution in [3.8, 4) is 11.5 Å². The van der Waals surface area contributed by atoms with Gasteiger partial charge in [-0.05, 0) is 75.4 Å². The van der Waals surface area contributed by atoms with E-state index in [4.69, 9.17) is 19.6 Å². The summed E-state index contributed by atoms with van der Waals surface area (Å²) in [4.78, 5) is 18.5. The number of benzene rings is 3. The maximum atomic E-state index is 13.6. The Labute approximate surface area is 239 Å². The zero-order valence-corrected chi connectivity index (χ0v) is 24.4. The predicted octanol–water partition coefficient (Wildman–Crippen LogP) is 7.83. The summed E-state index contributed by atoms with van der Waals surface area (Å²) in [6.07, 6.45) is 7.20. The van der Waals surface area contributed by atoms with E-state index < -0.39 is 0 Å². The fourth-order valence-corrected chi connectivity index (χ4v) is 5.76. The lowest BCUT2D eigenvalue weighted by Gasteiger charge is -2.22. The van der Waals surface area contributed by atoms with Gasteiger partial charge in [0.2, 0.25) is 0 Å². The number of hydrogen-bond acceptors (Lipinski definition) is 5. The number of halogens is 2. The Hall–Kier alpha value is -2.97. The van der Waals surface area contributed by atoms with Gasteiger partial charge in [-0.2, -0.15) is 9.78 Å². The summed E-state index contributed by atoms with van der Waals surface area (Å²) in [6, 6.07) is 19.3. The molecule has 0 atom stereocenters. The third-order valence-corrected chi connectivity index (χ3v) is 8.89. The molecule has 0 aliphatic heterocycles. The van der Waals surface area contributed by atoms with E-state index in [0.717, 1.165) is 51.6 Å². The molecule has 0 unspecified atom stereocenters. The van der Waals surface area contributed by atoms with Gasteiger partial charge in [-0.3, -0.25) is 4.79 Å². The monoisotopic (exact) mass is 637 g/mol. The van der Waals surface area contributed by atoms with Crippen molar-refractivity contribution in [1.82, 2.24) is 9.66 Å². The fourth-order valence-electron chi connectivity index (χ4n) is 4.82. The first-order valence-corrected chi connectivity index (χ1v) is 14.5. The van der Waals surface area contributed by atoms with Crippen LogP contribution in [0.15, 0.2) is 79.5 Å². The minimum absolute atomic E-state index is 0.157. The van der Waals surface area contributed by atoms with Crippen LogP contribution in [-0.4, -0.2) is 22.5 Å². The molecule has 0 N–H and O–H groups in total. The molecule has 1 fully saturated rings. The molecular weight excluding hydrogens is 610 g/mol. The van der Waals surface area contributed by atoms with Crippen molar-refractivity contribution in [1.29, 1.82) is 0 Å². The number of hydrogen-bond donors (Lipinski definition) is 0. The standard InChI is InChI=1S/C30H29Br2N3O3/c1-2-37-25-17-22(26(31)27(32)28(25)38-19-20-11-5-3-6-12-20)18-33-35-29(21-13-7-4-8-14-21)34-24-16-10-9-15-23(24)30(35)36/h3,5-6,9-12,15-18,21H,2,4,7-8,13-14,19H2,1H3. The normalized spacial score (nSPS) is 14.3. The van der Waals surface area contributed by atoms with Crippen molar-refractivity contribution in [2.75, 3.05) is 6.61 Å². The van der Waals surface area contributed by atoms with Gasteiger partial charge in [0.15, 0.2) is 11.5 Å². The second-order valence-corrected chi connectivity index (χ2v) is 10.9. The van der Waals surface area contributed by atoms with Crippen LogP contribution in [0.3, 0.4) is 0 Å². The molecule has 1 aliphatic rings. The van der Waals surface area contributed by atoms with Crippen molar-refractivity contribution >= 4 is 49.0 Å². The Morgan fingerprint density at radius 1 is 1.00 bits per heavy atom. The first-order valence-electron chi connectivity index (χ1n) is 12.9. The molecule has 1 aromatic heterocycles. The highest BCUT2D eigenvalue weighted by Gasteiger charge is 2.23. The molecule has 38 heavy (non-hydrogen) atoms. The van der Waals surface area contributed by atoms with Gasteiger partial charge in [0.25, 0.3) is 5.56 Å². The molecule has 0 radical (unpaired) electrons. The fraction of sp³-hybridized carbons (Fsp3) is 0.300. The third kappa shape index (κ3) is 5.71. The van der Waals surface area contributed by atoms with Crippen LogP contribution < -0.4 is 15.0 Å². The Morgan fingerprint density at radius 2 is 1.74 bits per heavy atom. The number of rotatable bonds is 8. The molecule has 1 aliphatic carbocycles. The maximum Gasteiger partial charge on any atom is 0.282 e. The van der Waals surface area contributed by atoms with Crippen LogP contribution >= 0.6 is 31.9 Å². The van der Waals surface area contributed by atoms with Gasteiger partial charge in [0.1, 0.15) is 12.4 Å². The van der Waals surface area contributed by atoms with Crippen molar-refractivity contribution < 1.29 is 9.47 Å². The van der Waals surface area contributed by atoms with E-state index in [2.05, 4.69) is 31.9 Å². The Balaban J connectivity index is 1.54. The smallest absolute Gasteiger partial charge is 0.282 e. The van der Waals surface area contributed by atoms with E-state index in [1.165, 1.54) is 11.1 Å². The molecule has 0 bridgehead atoms. The summed E-state index contributed by atoms with van der Waals surface area (Å²) in [5.74, 6) is 2.14. The van der Waals surface area contributed by atoms with Crippen LogP contribution in [0.1, 0.15) is 61.9 Å². The zero-order valence-electron chi connectivity index (χ0n) is 21.2. The highest BCUT2D eigenvalue weighted by Crippen LogP contribution is 2.43. The molecule has 196 valence electrons. The molecule has 1 saturated carbocycles. The summed E-state index contributed by atoms with van der Waals surface area (Å²) in [6.45, 7) is 2.82. The SMILES string of the molecule is CCOc1cc(C=Nn2c(C3CCCCC3)nc3ccccc3c2=O)c(Br)c(Br)c1OCc1ccccc1. The molecule has 0 spiro atoms. The molecule has 0 amide bonds. The summed E-state index contributed by atoms with van der Waals surface area (Å²) in [7, 11) is 0. The lowest BCUT2D eigenvalue weighted by atomic mass is 9.88. The second kappa shape index (κ2) is 12.3. The van der Waals surface area contributed by atoms with E-state index in [9.17, 15) is 4.79 Å². The average molecular weight is 639 g/mol. The summed E-state index contributed by atoms with van der Waals surface area (Å²) in [5, 5.41) is 5.26. The lowest BCUT2D eigenvalue weighted by Crippen LogP contribution is -2.25. The van der Waals surface area contributed by atoms with Crippen molar-refractivity contribution in [3.63, 3.8) is 0 Å². The van der Waals surface area contributed by atoms with Crippen molar-refractivity contribution in [3.05, 3.63) is 96.9 Å². The number of aromatic nitrogens is 2.